The molecular weight excluding hydrogens is 138 g/mol. The van der Waals surface area contributed by atoms with Crippen LogP contribution in [0.5, 0.6) is 0 Å². The molecule has 0 aromatic carbocycles. The number of hydrogen-bond acceptors (Lipinski definition) is 1. The van der Waals surface area contributed by atoms with Gasteiger partial charge >= 0.3 is 0 Å². The molecule has 0 saturated heterocycles. The first-order valence-corrected chi connectivity index (χ1v) is 4.61. The Kier molecular flexibility index (Phi) is 0.984. The fraction of sp³-hybridized carbons (Fsp3) is 0.889. The van der Waals surface area contributed by atoms with Crippen molar-refractivity contribution in [2.45, 2.75) is 25.3 Å². The summed E-state index contributed by atoms with van der Waals surface area (Å²) in [7, 11) is 0. The lowest BCUT2D eigenvalue weighted by atomic mass is 9.82. The van der Waals surface area contributed by atoms with Crippen LogP contribution in [0.3, 0.4) is 0 Å². The maximum Gasteiger partial charge on any atom is 0.207 e. The maximum absolute atomic E-state index is 10.3. The Labute approximate surface area is 66.4 Å². The number of rotatable bonds is 2. The van der Waals surface area contributed by atoms with Gasteiger partial charge in [0, 0.05) is 6.04 Å². The molecule has 0 heterocycles. The molecule has 1 amide bonds. The number of carbonyl (C=O) groups is 1. The van der Waals surface area contributed by atoms with Gasteiger partial charge in [0.25, 0.3) is 0 Å². The monoisotopic (exact) mass is 151 g/mol. The topological polar surface area (TPSA) is 29.1 Å². The van der Waals surface area contributed by atoms with Gasteiger partial charge < -0.3 is 5.32 Å². The van der Waals surface area contributed by atoms with E-state index in [1.807, 2.05) is 0 Å². The van der Waals surface area contributed by atoms with Crippen LogP contribution in [0.2, 0.25) is 0 Å². The number of hydrogen-bond donors (Lipinski definition) is 1. The van der Waals surface area contributed by atoms with Gasteiger partial charge in [0.05, 0.1) is 0 Å². The molecule has 0 spiro atoms. The van der Waals surface area contributed by atoms with Crippen molar-refractivity contribution < 1.29 is 4.79 Å². The second kappa shape index (κ2) is 1.79. The summed E-state index contributed by atoms with van der Waals surface area (Å²) < 4.78 is 0. The quantitative estimate of drug-likeness (QED) is 0.580. The van der Waals surface area contributed by atoms with Crippen LogP contribution in [-0.2, 0) is 4.79 Å². The summed E-state index contributed by atoms with van der Waals surface area (Å²) in [6.07, 6.45) is 5.10. The molecule has 0 aliphatic heterocycles. The second-order valence-corrected chi connectivity index (χ2v) is 4.29. The molecule has 4 rings (SSSR count). The van der Waals surface area contributed by atoms with Gasteiger partial charge in [-0.15, -0.1) is 0 Å². The zero-order chi connectivity index (χ0) is 7.42. The van der Waals surface area contributed by atoms with Crippen LogP contribution in [0.1, 0.15) is 19.3 Å². The SMILES string of the molecule is O=CNC1C2CCC3C(C2)C31. The Bertz CT molecular complexity index is 198. The standard InChI is InChI=1S/C9H13NO/c11-4-10-9-5-1-2-6-7(3-5)8(6)9/h4-9H,1-3H2,(H,10,11). The molecule has 2 heteroatoms. The van der Waals surface area contributed by atoms with Crippen molar-refractivity contribution in [3.63, 3.8) is 0 Å². The highest BCUT2D eigenvalue weighted by molar-refractivity contribution is 5.47. The second-order valence-electron chi connectivity index (χ2n) is 4.29. The Morgan fingerprint density at radius 1 is 1.27 bits per heavy atom. The largest absolute Gasteiger partial charge is 0.355 e. The minimum Gasteiger partial charge on any atom is -0.355 e. The van der Waals surface area contributed by atoms with Crippen LogP contribution in [0.15, 0.2) is 0 Å². The van der Waals surface area contributed by atoms with Crippen molar-refractivity contribution in [1.82, 2.24) is 5.32 Å². The van der Waals surface area contributed by atoms with E-state index in [0.29, 0.717) is 6.04 Å². The van der Waals surface area contributed by atoms with Crippen molar-refractivity contribution in [2.24, 2.45) is 23.7 Å². The molecule has 4 aliphatic carbocycles. The third-order valence-corrected chi connectivity index (χ3v) is 4.03. The van der Waals surface area contributed by atoms with Gasteiger partial charge in [0.15, 0.2) is 0 Å². The first kappa shape index (κ1) is 6.04. The van der Waals surface area contributed by atoms with E-state index in [1.165, 1.54) is 19.3 Å². The van der Waals surface area contributed by atoms with E-state index < -0.39 is 0 Å². The molecule has 5 atom stereocenters. The van der Waals surface area contributed by atoms with E-state index >= 15 is 0 Å². The predicted octanol–water partition coefficient (Wildman–Crippen LogP) is 0.777. The fourth-order valence-corrected chi connectivity index (χ4v) is 3.59. The molecule has 4 saturated carbocycles. The van der Waals surface area contributed by atoms with Crippen LogP contribution in [0, 0.1) is 23.7 Å². The van der Waals surface area contributed by atoms with Gasteiger partial charge in [-0.2, -0.15) is 0 Å². The summed E-state index contributed by atoms with van der Waals surface area (Å²) in [6.45, 7) is 0. The third-order valence-electron chi connectivity index (χ3n) is 4.03. The Morgan fingerprint density at radius 3 is 2.73 bits per heavy atom. The molecule has 1 N–H and O–H groups in total. The van der Waals surface area contributed by atoms with Gasteiger partial charge in [-0.05, 0) is 42.9 Å². The molecule has 0 radical (unpaired) electrons. The summed E-state index contributed by atoms with van der Waals surface area (Å²) in [5.41, 5.74) is 0. The molecule has 0 aromatic rings. The molecule has 4 fully saturated rings. The highest BCUT2D eigenvalue weighted by Crippen LogP contribution is 2.66. The number of fused-ring (bicyclic) bond motifs is 1. The fourth-order valence-electron chi connectivity index (χ4n) is 3.59. The first-order valence-electron chi connectivity index (χ1n) is 4.61. The lowest BCUT2D eigenvalue weighted by Crippen LogP contribution is -2.38. The van der Waals surface area contributed by atoms with Crippen LogP contribution >= 0.6 is 0 Å². The maximum atomic E-state index is 10.3. The van der Waals surface area contributed by atoms with Crippen molar-refractivity contribution in [1.29, 1.82) is 0 Å². The predicted molar refractivity (Wildman–Crippen MR) is 40.8 cm³/mol. The number of amides is 1. The molecule has 60 valence electrons. The summed E-state index contributed by atoms with van der Waals surface area (Å²) >= 11 is 0. The third kappa shape index (κ3) is 0.608. The lowest BCUT2D eigenvalue weighted by Gasteiger charge is -2.28. The number of nitrogens with one attached hydrogen (secondary N) is 1. The van der Waals surface area contributed by atoms with Gasteiger partial charge in [-0.25, -0.2) is 0 Å². The van der Waals surface area contributed by atoms with Crippen molar-refractivity contribution in [3.05, 3.63) is 0 Å². The van der Waals surface area contributed by atoms with Gasteiger partial charge in [-0.1, -0.05) is 0 Å². The average molecular weight is 151 g/mol. The summed E-state index contributed by atoms with van der Waals surface area (Å²) in [4.78, 5) is 10.3. The van der Waals surface area contributed by atoms with Crippen LogP contribution in [0.25, 0.3) is 0 Å². The van der Waals surface area contributed by atoms with Crippen LogP contribution in [-0.4, -0.2) is 12.5 Å². The van der Waals surface area contributed by atoms with Gasteiger partial charge in [0.2, 0.25) is 6.41 Å². The van der Waals surface area contributed by atoms with Crippen molar-refractivity contribution in [3.8, 4) is 0 Å². The van der Waals surface area contributed by atoms with Crippen LogP contribution in [0.4, 0.5) is 0 Å². The molecule has 0 aromatic heterocycles. The van der Waals surface area contributed by atoms with Crippen molar-refractivity contribution >= 4 is 6.41 Å². The van der Waals surface area contributed by atoms with E-state index in [9.17, 15) is 4.79 Å². The number of carbonyl (C=O) groups excluding carboxylic acids is 1. The van der Waals surface area contributed by atoms with E-state index in [4.69, 9.17) is 0 Å². The average Bonchev–Trinajstić information content (AvgIpc) is 2.66. The molecule has 4 aliphatic rings. The molecule has 4 bridgehead atoms. The minimum absolute atomic E-state index is 0.566. The molecule has 2 nitrogen and oxygen atoms in total. The van der Waals surface area contributed by atoms with E-state index in [1.54, 1.807) is 0 Å². The molecular formula is C9H13NO. The Hall–Kier alpha value is -0.530. The lowest BCUT2D eigenvalue weighted by molar-refractivity contribution is -0.110. The Balaban J connectivity index is 1.81. The Morgan fingerprint density at radius 2 is 2.18 bits per heavy atom. The van der Waals surface area contributed by atoms with Crippen molar-refractivity contribution in [2.75, 3.05) is 0 Å². The zero-order valence-corrected chi connectivity index (χ0v) is 6.49. The highest BCUT2D eigenvalue weighted by atomic mass is 16.1. The van der Waals surface area contributed by atoms with Gasteiger partial charge in [0.1, 0.15) is 0 Å². The molecule has 11 heavy (non-hydrogen) atoms. The highest BCUT2D eigenvalue weighted by Gasteiger charge is 2.64. The van der Waals surface area contributed by atoms with Gasteiger partial charge in [-0.3, -0.25) is 4.79 Å². The zero-order valence-electron chi connectivity index (χ0n) is 6.49. The summed E-state index contributed by atoms with van der Waals surface area (Å²) in [5, 5.41) is 2.99. The van der Waals surface area contributed by atoms with E-state index in [0.717, 1.165) is 30.1 Å². The van der Waals surface area contributed by atoms with E-state index in [-0.39, 0.29) is 0 Å². The summed E-state index contributed by atoms with van der Waals surface area (Å²) in [6, 6.07) is 0.566. The normalized spacial score (nSPS) is 57.3. The van der Waals surface area contributed by atoms with E-state index in [2.05, 4.69) is 5.32 Å². The minimum atomic E-state index is 0.566. The molecule has 5 unspecified atom stereocenters. The van der Waals surface area contributed by atoms with Crippen LogP contribution < -0.4 is 5.32 Å². The summed E-state index contributed by atoms with van der Waals surface area (Å²) in [5.74, 6) is 3.72. The smallest absolute Gasteiger partial charge is 0.207 e. The first-order chi connectivity index (χ1) is 5.42.